The molecule has 0 aromatic heterocycles. The number of rotatable bonds is 6. The Morgan fingerprint density at radius 1 is 1.46 bits per heavy atom. The smallest absolute Gasteiger partial charge is 0.0489 e. The molecular formula is C11H21NS. The van der Waals surface area contributed by atoms with Gasteiger partial charge in [-0.2, -0.15) is 11.8 Å². The van der Waals surface area contributed by atoms with Crippen molar-refractivity contribution in [3.05, 3.63) is 11.8 Å². The van der Waals surface area contributed by atoms with Crippen molar-refractivity contribution in [1.82, 2.24) is 0 Å². The molecule has 1 nitrogen and oxygen atoms in total. The topological polar surface area (TPSA) is 12.4 Å². The van der Waals surface area contributed by atoms with Gasteiger partial charge >= 0.3 is 0 Å². The zero-order valence-electron chi connectivity index (χ0n) is 9.21. The number of aliphatic imine (C=N–C) groups is 1. The third-order valence-electron chi connectivity index (χ3n) is 1.86. The van der Waals surface area contributed by atoms with Gasteiger partial charge in [-0.1, -0.05) is 26.3 Å². The molecule has 13 heavy (non-hydrogen) atoms. The van der Waals surface area contributed by atoms with Crippen LogP contribution in [0, 0.1) is 0 Å². The van der Waals surface area contributed by atoms with Crippen LogP contribution in [0.25, 0.3) is 0 Å². The predicted octanol–water partition coefficient (Wildman–Crippen LogP) is 3.90. The highest BCUT2D eigenvalue weighted by Gasteiger charge is 2.09. The van der Waals surface area contributed by atoms with Gasteiger partial charge in [0.15, 0.2) is 0 Å². The largest absolute Gasteiger partial charge is 0.265 e. The molecule has 0 spiro atoms. The lowest BCUT2D eigenvalue weighted by Gasteiger charge is -2.13. The Morgan fingerprint density at radius 2 is 2.15 bits per heavy atom. The highest BCUT2D eigenvalue weighted by Crippen LogP contribution is 2.22. The molecule has 0 N–H and O–H groups in total. The van der Waals surface area contributed by atoms with Crippen molar-refractivity contribution in [2.24, 2.45) is 4.99 Å². The van der Waals surface area contributed by atoms with E-state index in [0.29, 0.717) is 5.25 Å². The quantitative estimate of drug-likeness (QED) is 0.591. The molecule has 0 radical (unpaired) electrons. The van der Waals surface area contributed by atoms with Crippen LogP contribution >= 0.6 is 11.8 Å². The van der Waals surface area contributed by atoms with Gasteiger partial charge in [0.1, 0.15) is 0 Å². The highest BCUT2D eigenvalue weighted by molar-refractivity contribution is 7.99. The first-order valence-corrected chi connectivity index (χ1v) is 6.30. The molecule has 0 rings (SSSR count). The lowest BCUT2D eigenvalue weighted by atomic mass is 10.2. The zero-order chi connectivity index (χ0) is 10.1. The fourth-order valence-electron chi connectivity index (χ4n) is 1.27. The first kappa shape index (κ1) is 12.8. The van der Waals surface area contributed by atoms with E-state index < -0.39 is 0 Å². The second-order valence-corrected chi connectivity index (χ2v) is 3.98. The highest BCUT2D eigenvalue weighted by atomic mass is 32.2. The summed E-state index contributed by atoms with van der Waals surface area (Å²) in [6, 6.07) is 0. The van der Waals surface area contributed by atoms with E-state index in [1.807, 2.05) is 24.9 Å². The molecule has 0 aliphatic carbocycles. The summed E-state index contributed by atoms with van der Waals surface area (Å²) in [5.74, 6) is 0. The van der Waals surface area contributed by atoms with Gasteiger partial charge in [0.05, 0.1) is 0 Å². The van der Waals surface area contributed by atoms with Crippen LogP contribution in [0.4, 0.5) is 0 Å². The lowest BCUT2D eigenvalue weighted by molar-refractivity contribution is 0.794. The Balaban J connectivity index is 4.38. The summed E-state index contributed by atoms with van der Waals surface area (Å²) < 4.78 is 0. The monoisotopic (exact) mass is 199 g/mol. The van der Waals surface area contributed by atoms with Crippen LogP contribution in [-0.2, 0) is 0 Å². The van der Waals surface area contributed by atoms with E-state index in [1.54, 1.807) is 0 Å². The fraction of sp³-hybridized carbons (Fsp3) is 0.727. The van der Waals surface area contributed by atoms with Crippen molar-refractivity contribution in [2.45, 2.75) is 45.3 Å². The SMILES string of the molecule is CC=N/C(=C/CC)C(CCC)SC. The normalized spacial score (nSPS) is 15.2. The third-order valence-corrected chi connectivity index (χ3v) is 2.90. The minimum Gasteiger partial charge on any atom is -0.265 e. The zero-order valence-corrected chi connectivity index (χ0v) is 10.0. The van der Waals surface area contributed by atoms with E-state index in [0.717, 1.165) is 6.42 Å². The second kappa shape index (κ2) is 8.36. The van der Waals surface area contributed by atoms with Gasteiger partial charge in [-0.15, -0.1) is 0 Å². The third kappa shape index (κ3) is 5.14. The molecule has 0 saturated carbocycles. The van der Waals surface area contributed by atoms with Crippen molar-refractivity contribution < 1.29 is 0 Å². The van der Waals surface area contributed by atoms with Crippen molar-refractivity contribution in [2.75, 3.05) is 6.26 Å². The summed E-state index contributed by atoms with van der Waals surface area (Å²) >= 11 is 1.90. The molecule has 1 atom stereocenters. The van der Waals surface area contributed by atoms with Crippen LogP contribution in [0.2, 0.25) is 0 Å². The lowest BCUT2D eigenvalue weighted by Crippen LogP contribution is -2.04. The number of nitrogens with zero attached hydrogens (tertiary/aromatic N) is 1. The molecule has 0 heterocycles. The molecular weight excluding hydrogens is 178 g/mol. The number of hydrogen-bond donors (Lipinski definition) is 0. The standard InChI is InChI=1S/C11H21NS/c1-5-8-10(12-7-3)11(13-4)9-6-2/h7-8,11H,5-6,9H2,1-4H3/b10-8+,12-7?. The minimum atomic E-state index is 0.584. The van der Waals surface area contributed by atoms with E-state index in [2.05, 4.69) is 31.2 Å². The fourth-order valence-corrected chi connectivity index (χ4v) is 2.14. The van der Waals surface area contributed by atoms with E-state index >= 15 is 0 Å². The van der Waals surface area contributed by atoms with E-state index in [4.69, 9.17) is 0 Å². The average molecular weight is 199 g/mol. The Hall–Kier alpha value is -0.240. The molecule has 0 aromatic carbocycles. The van der Waals surface area contributed by atoms with Gasteiger partial charge in [-0.05, 0) is 26.0 Å². The van der Waals surface area contributed by atoms with Crippen LogP contribution < -0.4 is 0 Å². The van der Waals surface area contributed by atoms with Crippen LogP contribution in [0.5, 0.6) is 0 Å². The van der Waals surface area contributed by atoms with E-state index in [-0.39, 0.29) is 0 Å². The number of thioether (sulfide) groups is 1. The number of allylic oxidation sites excluding steroid dienone is 1. The van der Waals surface area contributed by atoms with Gasteiger partial charge in [0.2, 0.25) is 0 Å². The predicted molar refractivity (Wildman–Crippen MR) is 64.8 cm³/mol. The van der Waals surface area contributed by atoms with Crippen LogP contribution in [0.3, 0.4) is 0 Å². The van der Waals surface area contributed by atoms with Crippen molar-refractivity contribution in [1.29, 1.82) is 0 Å². The maximum Gasteiger partial charge on any atom is 0.0489 e. The first-order chi connectivity index (χ1) is 6.29. The second-order valence-electron chi connectivity index (χ2n) is 2.94. The van der Waals surface area contributed by atoms with E-state index in [1.165, 1.54) is 18.5 Å². The van der Waals surface area contributed by atoms with Crippen LogP contribution in [0.1, 0.15) is 40.0 Å². The van der Waals surface area contributed by atoms with Gasteiger partial charge in [-0.25, -0.2) is 0 Å². The molecule has 0 aliphatic heterocycles. The summed E-state index contributed by atoms with van der Waals surface area (Å²) in [6.45, 7) is 6.36. The summed E-state index contributed by atoms with van der Waals surface area (Å²) in [5, 5.41) is 0.584. The molecule has 76 valence electrons. The maximum absolute atomic E-state index is 4.42. The Bertz CT molecular complexity index is 173. The molecule has 0 saturated heterocycles. The van der Waals surface area contributed by atoms with Crippen molar-refractivity contribution >= 4 is 18.0 Å². The Labute approximate surface area is 86.7 Å². The Kier molecular flexibility index (Phi) is 8.21. The summed E-state index contributed by atoms with van der Waals surface area (Å²) in [4.78, 5) is 4.42. The molecule has 2 heteroatoms. The average Bonchev–Trinajstić information content (AvgIpc) is 2.14. The van der Waals surface area contributed by atoms with Crippen LogP contribution in [0.15, 0.2) is 16.8 Å². The molecule has 0 aliphatic rings. The summed E-state index contributed by atoms with van der Waals surface area (Å²) in [7, 11) is 0. The Morgan fingerprint density at radius 3 is 2.54 bits per heavy atom. The summed E-state index contributed by atoms with van der Waals surface area (Å²) in [5.41, 5.74) is 1.25. The first-order valence-electron chi connectivity index (χ1n) is 5.01. The number of hydrogen-bond acceptors (Lipinski definition) is 2. The van der Waals surface area contributed by atoms with Gasteiger partial charge in [-0.3, -0.25) is 4.99 Å². The van der Waals surface area contributed by atoms with Crippen molar-refractivity contribution in [3.8, 4) is 0 Å². The molecule has 1 unspecified atom stereocenters. The van der Waals surface area contributed by atoms with E-state index in [9.17, 15) is 0 Å². The molecule has 0 amide bonds. The van der Waals surface area contributed by atoms with Crippen molar-refractivity contribution in [3.63, 3.8) is 0 Å². The molecule has 0 fully saturated rings. The molecule has 0 aromatic rings. The van der Waals surface area contributed by atoms with Gasteiger partial charge in [0.25, 0.3) is 0 Å². The molecule has 0 bridgehead atoms. The minimum absolute atomic E-state index is 0.584. The van der Waals surface area contributed by atoms with Gasteiger partial charge in [0, 0.05) is 17.2 Å². The summed E-state index contributed by atoms with van der Waals surface area (Å²) in [6.07, 6.45) is 9.82. The van der Waals surface area contributed by atoms with Crippen LogP contribution in [-0.4, -0.2) is 17.7 Å². The maximum atomic E-state index is 4.42. The van der Waals surface area contributed by atoms with Gasteiger partial charge < -0.3 is 0 Å².